The predicted octanol–water partition coefficient (Wildman–Crippen LogP) is 1.66. The van der Waals surface area contributed by atoms with Crippen molar-refractivity contribution in [2.45, 2.75) is 25.7 Å². The van der Waals surface area contributed by atoms with Crippen molar-refractivity contribution < 1.29 is 4.74 Å². The molecule has 72 valence electrons. The highest BCUT2D eigenvalue weighted by Crippen LogP contribution is 2.31. The molecule has 1 aliphatic rings. The lowest BCUT2D eigenvalue weighted by atomic mass is 9.91. The average Bonchev–Trinajstić information content (AvgIpc) is 2.56. The largest absolute Gasteiger partial charge is 0.384 e. The molecule has 1 unspecified atom stereocenters. The summed E-state index contributed by atoms with van der Waals surface area (Å²) in [5.74, 6) is 1.65. The molecular weight excluding hydrogens is 150 g/mol. The van der Waals surface area contributed by atoms with Gasteiger partial charge >= 0.3 is 0 Å². The van der Waals surface area contributed by atoms with Gasteiger partial charge in [-0.3, -0.25) is 0 Å². The van der Waals surface area contributed by atoms with E-state index < -0.39 is 0 Å². The summed E-state index contributed by atoms with van der Waals surface area (Å²) in [4.78, 5) is 0. The van der Waals surface area contributed by atoms with Crippen LogP contribution in [0, 0.1) is 11.8 Å². The van der Waals surface area contributed by atoms with Gasteiger partial charge in [0.1, 0.15) is 0 Å². The first-order chi connectivity index (χ1) is 5.88. The molecule has 0 radical (unpaired) electrons. The number of ether oxygens (including phenoxy) is 1. The molecule has 0 aromatic rings. The molecule has 1 rings (SSSR count). The van der Waals surface area contributed by atoms with Gasteiger partial charge in [-0.25, -0.2) is 0 Å². The lowest BCUT2D eigenvalue weighted by molar-refractivity contribution is 0.121. The molecule has 2 nitrogen and oxygen atoms in total. The van der Waals surface area contributed by atoms with Crippen LogP contribution in [0.4, 0.5) is 0 Å². The molecule has 1 fully saturated rings. The molecule has 0 heterocycles. The maximum Gasteiger partial charge on any atom is 0.0505 e. The van der Waals surface area contributed by atoms with Gasteiger partial charge in [-0.1, -0.05) is 25.7 Å². The van der Waals surface area contributed by atoms with Gasteiger partial charge in [0.15, 0.2) is 0 Å². The maximum absolute atomic E-state index is 5.23. The topological polar surface area (TPSA) is 21.3 Å². The molecule has 1 saturated carbocycles. The van der Waals surface area contributed by atoms with Gasteiger partial charge in [0.05, 0.1) is 6.61 Å². The third-order valence-electron chi connectivity index (χ3n) is 2.91. The summed E-state index contributed by atoms with van der Waals surface area (Å²) < 4.78 is 5.23. The van der Waals surface area contributed by atoms with E-state index in [9.17, 15) is 0 Å². The van der Waals surface area contributed by atoms with Crippen molar-refractivity contribution in [1.29, 1.82) is 0 Å². The minimum Gasteiger partial charge on any atom is -0.384 e. The van der Waals surface area contributed by atoms with Crippen molar-refractivity contribution in [2.75, 3.05) is 27.3 Å². The van der Waals surface area contributed by atoms with E-state index in [4.69, 9.17) is 4.74 Å². The van der Waals surface area contributed by atoms with Gasteiger partial charge in [0.25, 0.3) is 0 Å². The fraction of sp³-hybridized carbons (Fsp3) is 1.00. The van der Waals surface area contributed by atoms with Crippen LogP contribution in [-0.4, -0.2) is 27.3 Å². The van der Waals surface area contributed by atoms with Gasteiger partial charge in [-0.15, -0.1) is 0 Å². The Labute approximate surface area is 75.7 Å². The van der Waals surface area contributed by atoms with Crippen molar-refractivity contribution in [3.63, 3.8) is 0 Å². The Morgan fingerprint density at radius 1 is 1.42 bits per heavy atom. The normalized spacial score (nSPS) is 21.5. The van der Waals surface area contributed by atoms with Crippen LogP contribution in [0.5, 0.6) is 0 Å². The number of hydrogen-bond acceptors (Lipinski definition) is 2. The first-order valence-electron chi connectivity index (χ1n) is 5.02. The molecule has 0 bridgehead atoms. The van der Waals surface area contributed by atoms with Crippen molar-refractivity contribution in [3.05, 3.63) is 0 Å². The van der Waals surface area contributed by atoms with E-state index in [1.807, 2.05) is 7.05 Å². The zero-order valence-electron chi connectivity index (χ0n) is 8.31. The van der Waals surface area contributed by atoms with E-state index in [-0.39, 0.29) is 0 Å². The standard InChI is InChI=1S/C10H21NO/c1-11-7-10(8-12-2)9-5-3-4-6-9/h9-11H,3-8H2,1-2H3. The molecule has 0 amide bonds. The Bertz CT molecular complexity index is 104. The van der Waals surface area contributed by atoms with Crippen LogP contribution >= 0.6 is 0 Å². The third kappa shape index (κ3) is 2.76. The lowest BCUT2D eigenvalue weighted by Crippen LogP contribution is -2.28. The highest BCUT2D eigenvalue weighted by atomic mass is 16.5. The fourth-order valence-electron chi connectivity index (χ4n) is 2.27. The van der Waals surface area contributed by atoms with E-state index >= 15 is 0 Å². The van der Waals surface area contributed by atoms with E-state index in [0.717, 1.165) is 25.0 Å². The zero-order valence-corrected chi connectivity index (χ0v) is 8.31. The van der Waals surface area contributed by atoms with Crippen molar-refractivity contribution in [3.8, 4) is 0 Å². The summed E-state index contributed by atoms with van der Waals surface area (Å²) in [5.41, 5.74) is 0. The van der Waals surface area contributed by atoms with E-state index in [1.165, 1.54) is 25.7 Å². The van der Waals surface area contributed by atoms with Crippen molar-refractivity contribution in [1.82, 2.24) is 5.32 Å². The first-order valence-corrected chi connectivity index (χ1v) is 5.02. The smallest absolute Gasteiger partial charge is 0.0505 e. The Kier molecular flexibility index (Phi) is 4.62. The number of nitrogens with one attached hydrogen (secondary N) is 1. The highest BCUT2D eigenvalue weighted by Gasteiger charge is 2.23. The Morgan fingerprint density at radius 3 is 2.58 bits per heavy atom. The number of hydrogen-bond donors (Lipinski definition) is 1. The van der Waals surface area contributed by atoms with E-state index in [1.54, 1.807) is 7.11 Å². The molecular formula is C10H21NO. The minimum atomic E-state index is 0.738. The van der Waals surface area contributed by atoms with Crippen LogP contribution in [-0.2, 0) is 4.74 Å². The van der Waals surface area contributed by atoms with Gasteiger partial charge in [0.2, 0.25) is 0 Å². The monoisotopic (exact) mass is 171 g/mol. The molecule has 1 aliphatic carbocycles. The highest BCUT2D eigenvalue weighted by molar-refractivity contribution is 4.76. The van der Waals surface area contributed by atoms with Gasteiger partial charge in [-0.05, 0) is 18.9 Å². The molecule has 0 aromatic carbocycles. The molecule has 0 aliphatic heterocycles. The molecule has 2 heteroatoms. The summed E-state index contributed by atoms with van der Waals surface area (Å²) in [6.07, 6.45) is 5.68. The van der Waals surface area contributed by atoms with Crippen LogP contribution in [0.15, 0.2) is 0 Å². The summed E-state index contributed by atoms with van der Waals surface area (Å²) in [7, 11) is 3.83. The summed E-state index contributed by atoms with van der Waals surface area (Å²) in [6, 6.07) is 0. The van der Waals surface area contributed by atoms with E-state index in [0.29, 0.717) is 0 Å². The summed E-state index contributed by atoms with van der Waals surface area (Å²) in [6.45, 7) is 2.03. The second kappa shape index (κ2) is 5.55. The molecule has 1 atom stereocenters. The number of rotatable bonds is 5. The molecule has 0 spiro atoms. The van der Waals surface area contributed by atoms with Crippen molar-refractivity contribution in [2.24, 2.45) is 11.8 Å². The SMILES string of the molecule is CNCC(COC)C1CCCC1. The van der Waals surface area contributed by atoms with Crippen LogP contribution in [0.2, 0.25) is 0 Å². The van der Waals surface area contributed by atoms with Gasteiger partial charge < -0.3 is 10.1 Å². The predicted molar refractivity (Wildman–Crippen MR) is 51.3 cm³/mol. The molecule has 0 aromatic heterocycles. The number of methoxy groups -OCH3 is 1. The van der Waals surface area contributed by atoms with E-state index in [2.05, 4.69) is 5.32 Å². The second-order valence-electron chi connectivity index (χ2n) is 3.82. The van der Waals surface area contributed by atoms with Crippen molar-refractivity contribution >= 4 is 0 Å². The van der Waals surface area contributed by atoms with Crippen LogP contribution < -0.4 is 5.32 Å². The fourth-order valence-corrected chi connectivity index (χ4v) is 2.27. The Morgan fingerprint density at radius 2 is 2.08 bits per heavy atom. The molecule has 1 N–H and O–H groups in total. The minimum absolute atomic E-state index is 0.738. The molecule has 0 saturated heterocycles. The quantitative estimate of drug-likeness (QED) is 0.679. The zero-order chi connectivity index (χ0) is 8.81. The first kappa shape index (κ1) is 10.0. The third-order valence-corrected chi connectivity index (χ3v) is 2.91. The van der Waals surface area contributed by atoms with Crippen LogP contribution in [0.25, 0.3) is 0 Å². The van der Waals surface area contributed by atoms with Gasteiger partial charge in [-0.2, -0.15) is 0 Å². The summed E-state index contributed by atoms with van der Waals surface area (Å²) >= 11 is 0. The summed E-state index contributed by atoms with van der Waals surface area (Å²) in [5, 5.41) is 3.25. The lowest BCUT2D eigenvalue weighted by Gasteiger charge is -2.21. The maximum atomic E-state index is 5.23. The van der Waals surface area contributed by atoms with Crippen LogP contribution in [0.1, 0.15) is 25.7 Å². The average molecular weight is 171 g/mol. The Balaban J connectivity index is 2.29. The van der Waals surface area contributed by atoms with Gasteiger partial charge in [0, 0.05) is 13.7 Å². The molecule has 12 heavy (non-hydrogen) atoms. The second-order valence-corrected chi connectivity index (χ2v) is 3.82. The Hall–Kier alpha value is -0.0800. The van der Waals surface area contributed by atoms with Crippen LogP contribution in [0.3, 0.4) is 0 Å².